The third-order valence-electron chi connectivity index (χ3n) is 19.9. The van der Waals surface area contributed by atoms with E-state index in [2.05, 4.69) is 55.4 Å². The van der Waals surface area contributed by atoms with Gasteiger partial charge < -0.3 is 33.8 Å². The number of rotatable bonds is 81. The molecule has 6 atom stereocenters. The van der Waals surface area contributed by atoms with Gasteiger partial charge in [0, 0.05) is 25.7 Å². The summed E-state index contributed by atoms with van der Waals surface area (Å²) in [7, 11) is -9.93. The highest BCUT2D eigenvalue weighted by atomic mass is 31.2. The topological polar surface area (TPSA) is 237 Å². The summed E-state index contributed by atoms with van der Waals surface area (Å²) in [5.41, 5.74) is 0. The standard InChI is InChI=1S/C84H164O17P2/c1-9-77(8)63-55-47-39-31-21-16-14-12-10-11-13-15-17-23-34-42-50-58-66-83(88)100-79(70-94-81(86)64-56-48-40-32-22-19-18-20-28-36-44-52-60-74(2)3)72-98-102(90,91)96-68-78(85)69-97-103(92,93)99-73-80(101-84(89)67-59-51-43-35-27-25-30-38-46-54-62-76(6)7)71-95-82(87)65-57-49-41-33-26-24-29-37-45-53-61-75(4)5/h74-80,85H,9-73H2,1-8H3,(H,90,91)(H,92,93)/t77?,78-,79-,80-/m1/s1. The lowest BCUT2D eigenvalue weighted by Gasteiger charge is -2.21. The monoisotopic (exact) mass is 1510 g/mol. The van der Waals surface area contributed by atoms with Gasteiger partial charge in [0.1, 0.15) is 19.3 Å². The molecule has 0 spiro atoms. The van der Waals surface area contributed by atoms with Gasteiger partial charge in [0.05, 0.1) is 26.4 Å². The van der Waals surface area contributed by atoms with Crippen LogP contribution in [0.5, 0.6) is 0 Å². The van der Waals surface area contributed by atoms with Crippen LogP contribution in [0.4, 0.5) is 0 Å². The van der Waals surface area contributed by atoms with Crippen molar-refractivity contribution in [3.63, 3.8) is 0 Å². The Hall–Kier alpha value is -1.94. The van der Waals surface area contributed by atoms with E-state index in [4.69, 9.17) is 37.0 Å². The van der Waals surface area contributed by atoms with Crippen molar-refractivity contribution in [3.05, 3.63) is 0 Å². The summed E-state index contributed by atoms with van der Waals surface area (Å²) in [6.07, 6.45) is 61.0. The predicted octanol–water partition coefficient (Wildman–Crippen LogP) is 25.2. The van der Waals surface area contributed by atoms with Gasteiger partial charge in [-0.2, -0.15) is 0 Å². The first-order chi connectivity index (χ1) is 49.6. The van der Waals surface area contributed by atoms with E-state index >= 15 is 0 Å². The van der Waals surface area contributed by atoms with Crippen molar-refractivity contribution in [1.82, 2.24) is 0 Å². The van der Waals surface area contributed by atoms with Gasteiger partial charge >= 0.3 is 39.5 Å². The summed E-state index contributed by atoms with van der Waals surface area (Å²) >= 11 is 0. The molecule has 0 aliphatic carbocycles. The average Bonchev–Trinajstić information content (AvgIpc) is 0.906. The molecule has 0 fully saturated rings. The van der Waals surface area contributed by atoms with Crippen molar-refractivity contribution in [3.8, 4) is 0 Å². The maximum Gasteiger partial charge on any atom is 0.472 e. The van der Waals surface area contributed by atoms with E-state index in [0.29, 0.717) is 25.7 Å². The molecule has 103 heavy (non-hydrogen) atoms. The van der Waals surface area contributed by atoms with Crippen LogP contribution in [0.3, 0.4) is 0 Å². The molecule has 0 saturated heterocycles. The van der Waals surface area contributed by atoms with Crippen LogP contribution in [0.2, 0.25) is 0 Å². The fraction of sp³-hybridized carbons (Fsp3) is 0.952. The molecule has 0 rings (SSSR count). The molecule has 0 heterocycles. The second-order valence-corrected chi connectivity index (χ2v) is 34.8. The Labute approximate surface area is 632 Å². The summed E-state index contributed by atoms with van der Waals surface area (Å²) in [5, 5.41) is 10.7. The van der Waals surface area contributed by atoms with E-state index < -0.39 is 97.5 Å². The maximum atomic E-state index is 13.1. The molecule has 0 radical (unpaired) electrons. The molecule has 612 valence electrons. The number of aliphatic hydroxyl groups is 1. The molecular formula is C84H164O17P2. The fourth-order valence-corrected chi connectivity index (χ4v) is 14.5. The highest BCUT2D eigenvalue weighted by Crippen LogP contribution is 2.45. The van der Waals surface area contributed by atoms with Crippen molar-refractivity contribution in [2.24, 2.45) is 23.7 Å². The van der Waals surface area contributed by atoms with Gasteiger partial charge in [0.15, 0.2) is 12.2 Å². The minimum absolute atomic E-state index is 0.106. The highest BCUT2D eigenvalue weighted by Gasteiger charge is 2.30. The summed E-state index contributed by atoms with van der Waals surface area (Å²) < 4.78 is 68.8. The quantitative estimate of drug-likeness (QED) is 0.0222. The molecule has 3 unspecified atom stereocenters. The second kappa shape index (κ2) is 72.9. The molecule has 0 aliphatic heterocycles. The van der Waals surface area contributed by atoms with Crippen molar-refractivity contribution in [1.29, 1.82) is 0 Å². The molecule has 0 aromatic carbocycles. The zero-order chi connectivity index (χ0) is 76.0. The Morgan fingerprint density at radius 2 is 0.466 bits per heavy atom. The van der Waals surface area contributed by atoms with Crippen LogP contribution >= 0.6 is 15.6 Å². The first-order valence-corrected chi connectivity index (χ1v) is 46.2. The van der Waals surface area contributed by atoms with Crippen molar-refractivity contribution < 1.29 is 80.2 Å². The number of phosphoric ester groups is 2. The third kappa shape index (κ3) is 76.6. The van der Waals surface area contributed by atoms with Gasteiger partial charge in [-0.15, -0.1) is 0 Å². The molecule has 3 N–H and O–H groups in total. The molecule has 17 nitrogen and oxygen atoms in total. The zero-order valence-corrected chi connectivity index (χ0v) is 69.7. The Morgan fingerprint density at radius 3 is 0.689 bits per heavy atom. The number of hydrogen-bond acceptors (Lipinski definition) is 15. The minimum atomic E-state index is -4.97. The van der Waals surface area contributed by atoms with E-state index in [0.717, 1.165) is 114 Å². The molecule has 0 bridgehead atoms. The normalized spacial score (nSPS) is 14.2. The molecule has 19 heteroatoms. The SMILES string of the molecule is CCC(C)CCCCCCCCCCCCCCCCCCCCC(=O)O[C@H](COC(=O)CCCCCCCCCCCCCCC(C)C)COP(=O)(O)OC[C@@H](O)COP(=O)(O)OC[C@@H](COC(=O)CCCCCCCCCCCCC(C)C)OC(=O)CCCCCCCCCCCCC(C)C. The van der Waals surface area contributed by atoms with Crippen LogP contribution in [0.15, 0.2) is 0 Å². The van der Waals surface area contributed by atoms with Gasteiger partial charge in [-0.25, -0.2) is 9.13 Å². The van der Waals surface area contributed by atoms with Crippen LogP contribution in [0, 0.1) is 23.7 Å². The second-order valence-electron chi connectivity index (χ2n) is 31.9. The molecule has 0 aliphatic rings. The summed E-state index contributed by atoms with van der Waals surface area (Å²) in [6.45, 7) is 14.3. The lowest BCUT2D eigenvalue weighted by molar-refractivity contribution is -0.161. The summed E-state index contributed by atoms with van der Waals surface area (Å²) in [6, 6.07) is 0. The largest absolute Gasteiger partial charge is 0.472 e. The maximum absolute atomic E-state index is 13.1. The summed E-state index contributed by atoms with van der Waals surface area (Å²) in [5.74, 6) is 1.05. The Balaban J connectivity index is 5.24. The van der Waals surface area contributed by atoms with E-state index in [9.17, 15) is 43.2 Å². The Morgan fingerprint density at radius 1 is 0.272 bits per heavy atom. The highest BCUT2D eigenvalue weighted by molar-refractivity contribution is 7.47. The zero-order valence-electron chi connectivity index (χ0n) is 68.0. The molecule has 0 amide bonds. The van der Waals surface area contributed by atoms with E-state index in [1.165, 1.54) is 238 Å². The number of phosphoric acid groups is 2. The van der Waals surface area contributed by atoms with Crippen LogP contribution < -0.4 is 0 Å². The molecular weight excluding hydrogens is 1340 g/mol. The van der Waals surface area contributed by atoms with Gasteiger partial charge in [-0.1, -0.05) is 383 Å². The van der Waals surface area contributed by atoms with E-state index in [-0.39, 0.29) is 25.7 Å². The molecule has 0 aromatic heterocycles. The van der Waals surface area contributed by atoms with Crippen molar-refractivity contribution in [2.45, 2.75) is 453 Å². The number of ether oxygens (including phenoxy) is 4. The Kier molecular flexibility index (Phi) is 71.5. The number of carbonyl (C=O) groups excluding carboxylic acids is 4. The van der Waals surface area contributed by atoms with E-state index in [1.54, 1.807) is 0 Å². The van der Waals surface area contributed by atoms with Gasteiger partial charge in [-0.05, 0) is 49.4 Å². The number of esters is 4. The lowest BCUT2D eigenvalue weighted by Crippen LogP contribution is -2.30. The fourth-order valence-electron chi connectivity index (χ4n) is 12.9. The van der Waals surface area contributed by atoms with Crippen LogP contribution in [-0.2, 0) is 65.4 Å². The van der Waals surface area contributed by atoms with Crippen molar-refractivity contribution >= 4 is 39.5 Å². The van der Waals surface area contributed by atoms with Crippen LogP contribution in [0.1, 0.15) is 434 Å². The van der Waals surface area contributed by atoms with Crippen LogP contribution in [0.25, 0.3) is 0 Å². The van der Waals surface area contributed by atoms with Crippen LogP contribution in [-0.4, -0.2) is 96.7 Å². The average molecular weight is 1510 g/mol. The number of hydrogen-bond donors (Lipinski definition) is 3. The number of aliphatic hydroxyl groups excluding tert-OH is 1. The van der Waals surface area contributed by atoms with Gasteiger partial charge in [0.25, 0.3) is 0 Å². The predicted molar refractivity (Wildman–Crippen MR) is 423 cm³/mol. The molecule has 0 saturated carbocycles. The number of carbonyl (C=O) groups is 4. The Bertz CT molecular complexity index is 2010. The van der Waals surface area contributed by atoms with Gasteiger partial charge in [0.2, 0.25) is 0 Å². The van der Waals surface area contributed by atoms with E-state index in [1.807, 2.05) is 0 Å². The smallest absolute Gasteiger partial charge is 0.462 e. The first-order valence-electron chi connectivity index (χ1n) is 43.2. The third-order valence-corrected chi connectivity index (χ3v) is 21.8. The first kappa shape index (κ1) is 101. The summed E-state index contributed by atoms with van der Waals surface area (Å²) in [4.78, 5) is 73.2. The number of unbranched alkanes of at least 4 members (excludes halogenated alkanes) is 46. The van der Waals surface area contributed by atoms with Gasteiger partial charge in [-0.3, -0.25) is 37.3 Å². The molecule has 0 aromatic rings. The minimum Gasteiger partial charge on any atom is -0.462 e. The van der Waals surface area contributed by atoms with Crippen molar-refractivity contribution in [2.75, 3.05) is 39.6 Å². The lowest BCUT2D eigenvalue weighted by atomic mass is 9.99.